The SMILES string of the molecule is C[Si](O)(OP(C)(=O)O[Si](C)(O)c1ccccc1)c1ccccc1. The predicted octanol–water partition coefficient (Wildman–Crippen LogP) is 1.79. The molecule has 124 valence electrons. The Bertz CT molecular complexity index is 634. The van der Waals surface area contributed by atoms with Gasteiger partial charge in [0.05, 0.1) is 0 Å². The molecule has 0 heterocycles. The van der Waals surface area contributed by atoms with Gasteiger partial charge in [0.25, 0.3) is 0 Å². The zero-order chi connectivity index (χ0) is 17.1. The fourth-order valence-electron chi connectivity index (χ4n) is 2.26. The van der Waals surface area contributed by atoms with E-state index >= 15 is 0 Å². The molecule has 2 unspecified atom stereocenters. The van der Waals surface area contributed by atoms with Gasteiger partial charge in [0.1, 0.15) is 0 Å². The van der Waals surface area contributed by atoms with Crippen LogP contribution in [-0.4, -0.2) is 33.4 Å². The standard InChI is InChI=1S/C15H21O5PSi2/c1-21(16,19-22(2,17)14-10-6-4-7-11-14)20-23(3,18)15-12-8-5-9-13-15/h4-13,17-18H,1-3H3. The van der Waals surface area contributed by atoms with Crippen LogP contribution in [0.3, 0.4) is 0 Å². The fraction of sp³-hybridized carbons (Fsp3) is 0.200. The van der Waals surface area contributed by atoms with Gasteiger partial charge < -0.3 is 18.0 Å². The molecule has 2 N–H and O–H groups in total. The molecule has 0 aliphatic rings. The monoisotopic (exact) mass is 368 g/mol. The summed E-state index contributed by atoms with van der Waals surface area (Å²) in [7, 11) is -10.4. The summed E-state index contributed by atoms with van der Waals surface area (Å²) >= 11 is 0. The van der Waals surface area contributed by atoms with Crippen LogP contribution in [0.2, 0.25) is 13.1 Å². The van der Waals surface area contributed by atoms with Crippen molar-refractivity contribution in [3.63, 3.8) is 0 Å². The molecule has 0 saturated carbocycles. The largest absolute Gasteiger partial charge is 0.407 e. The van der Waals surface area contributed by atoms with Crippen molar-refractivity contribution in [2.24, 2.45) is 0 Å². The minimum Gasteiger partial charge on any atom is -0.407 e. The lowest BCUT2D eigenvalue weighted by atomic mass is 10.4. The molecule has 0 saturated heterocycles. The van der Waals surface area contributed by atoms with Gasteiger partial charge in [0.2, 0.25) is 0 Å². The van der Waals surface area contributed by atoms with Crippen LogP contribution < -0.4 is 10.4 Å². The van der Waals surface area contributed by atoms with E-state index in [-0.39, 0.29) is 0 Å². The van der Waals surface area contributed by atoms with E-state index in [0.29, 0.717) is 10.4 Å². The second-order valence-electron chi connectivity index (χ2n) is 5.65. The maximum Gasteiger partial charge on any atom is 0.374 e. The lowest BCUT2D eigenvalue weighted by Crippen LogP contribution is -2.50. The van der Waals surface area contributed by atoms with Crippen LogP contribution in [0.4, 0.5) is 0 Å². The summed E-state index contributed by atoms with van der Waals surface area (Å²) in [4.78, 5) is 21.2. The summed E-state index contributed by atoms with van der Waals surface area (Å²) in [5.74, 6) is 0. The van der Waals surface area contributed by atoms with Crippen molar-refractivity contribution < 1.29 is 22.6 Å². The molecule has 0 aromatic heterocycles. The molecule has 0 aliphatic heterocycles. The van der Waals surface area contributed by atoms with Crippen LogP contribution in [-0.2, 0) is 13.0 Å². The van der Waals surface area contributed by atoms with Crippen LogP contribution in [0.25, 0.3) is 0 Å². The van der Waals surface area contributed by atoms with Crippen LogP contribution in [0, 0.1) is 0 Å². The predicted molar refractivity (Wildman–Crippen MR) is 95.5 cm³/mol. The third-order valence-corrected chi connectivity index (χ3v) is 11.6. The quantitative estimate of drug-likeness (QED) is 0.601. The summed E-state index contributed by atoms with van der Waals surface area (Å²) in [5.41, 5.74) is 0. The van der Waals surface area contributed by atoms with E-state index < -0.39 is 24.7 Å². The van der Waals surface area contributed by atoms with E-state index in [2.05, 4.69) is 0 Å². The molecule has 2 aromatic rings. The van der Waals surface area contributed by atoms with Gasteiger partial charge in [0.15, 0.2) is 0 Å². The Morgan fingerprint density at radius 1 is 0.783 bits per heavy atom. The van der Waals surface area contributed by atoms with Crippen LogP contribution in [0.5, 0.6) is 0 Å². The smallest absolute Gasteiger partial charge is 0.374 e. The van der Waals surface area contributed by atoms with Gasteiger partial charge in [0, 0.05) is 6.66 Å². The summed E-state index contributed by atoms with van der Waals surface area (Å²) < 4.78 is 23.6. The molecule has 0 bridgehead atoms. The van der Waals surface area contributed by atoms with Gasteiger partial charge in [-0.2, -0.15) is 0 Å². The van der Waals surface area contributed by atoms with E-state index in [0.717, 1.165) is 0 Å². The number of hydrogen-bond donors (Lipinski definition) is 2. The Labute approximate surface area is 138 Å². The first-order valence-electron chi connectivity index (χ1n) is 7.17. The normalized spacial score (nSPS) is 19.3. The van der Waals surface area contributed by atoms with Crippen molar-refractivity contribution >= 4 is 35.1 Å². The van der Waals surface area contributed by atoms with Crippen molar-refractivity contribution in [3.05, 3.63) is 60.7 Å². The highest BCUT2D eigenvalue weighted by Crippen LogP contribution is 2.48. The first-order chi connectivity index (χ1) is 10.6. The molecular weight excluding hydrogens is 347 g/mol. The molecule has 2 atom stereocenters. The van der Waals surface area contributed by atoms with Crippen LogP contribution in [0.1, 0.15) is 0 Å². The highest BCUT2D eigenvalue weighted by Gasteiger charge is 2.43. The fourth-order valence-corrected chi connectivity index (χ4v) is 10.4. The molecule has 2 rings (SSSR count). The average molecular weight is 368 g/mol. The van der Waals surface area contributed by atoms with Gasteiger partial charge in [-0.1, -0.05) is 60.7 Å². The molecule has 0 spiro atoms. The first kappa shape index (κ1) is 18.3. The summed E-state index contributed by atoms with van der Waals surface area (Å²) in [6.45, 7) is 4.34. The highest BCUT2D eigenvalue weighted by molar-refractivity contribution is 7.56. The Morgan fingerprint density at radius 3 is 1.39 bits per heavy atom. The van der Waals surface area contributed by atoms with Gasteiger partial charge in [-0.25, -0.2) is 0 Å². The summed E-state index contributed by atoms with van der Waals surface area (Å²) in [5, 5.41) is 1.18. The van der Waals surface area contributed by atoms with Crippen LogP contribution in [0.15, 0.2) is 60.7 Å². The first-order valence-corrected chi connectivity index (χ1v) is 13.9. The molecular formula is C15H21O5PSi2. The van der Waals surface area contributed by atoms with Crippen molar-refractivity contribution in [1.29, 1.82) is 0 Å². The van der Waals surface area contributed by atoms with E-state index in [1.54, 1.807) is 48.5 Å². The van der Waals surface area contributed by atoms with Crippen molar-refractivity contribution in [1.82, 2.24) is 0 Å². The number of hydrogen-bond acceptors (Lipinski definition) is 5. The molecule has 0 radical (unpaired) electrons. The molecule has 0 amide bonds. The lowest BCUT2D eigenvalue weighted by Gasteiger charge is -2.29. The minimum absolute atomic E-state index is 0.590. The molecule has 2 aromatic carbocycles. The summed E-state index contributed by atoms with van der Waals surface area (Å²) in [6.07, 6.45) is 0. The van der Waals surface area contributed by atoms with E-state index in [1.807, 2.05) is 12.1 Å². The van der Waals surface area contributed by atoms with E-state index in [4.69, 9.17) is 8.43 Å². The minimum atomic E-state index is -3.64. The topological polar surface area (TPSA) is 76.0 Å². The third kappa shape index (κ3) is 4.96. The van der Waals surface area contributed by atoms with Gasteiger partial charge >= 0.3 is 24.7 Å². The zero-order valence-corrected chi connectivity index (χ0v) is 16.2. The van der Waals surface area contributed by atoms with Crippen molar-refractivity contribution in [2.45, 2.75) is 13.1 Å². The Balaban J connectivity index is 2.17. The average Bonchev–Trinajstić information content (AvgIpc) is 2.47. The zero-order valence-electron chi connectivity index (χ0n) is 13.3. The molecule has 8 heteroatoms. The number of benzene rings is 2. The highest BCUT2D eigenvalue weighted by atomic mass is 31.2. The Kier molecular flexibility index (Phi) is 5.42. The second kappa shape index (κ2) is 6.82. The number of rotatable bonds is 6. The Hall–Kier alpha value is -1.06. The van der Waals surface area contributed by atoms with Gasteiger partial charge in [-0.3, -0.25) is 4.57 Å². The van der Waals surface area contributed by atoms with Crippen molar-refractivity contribution in [3.8, 4) is 0 Å². The molecule has 23 heavy (non-hydrogen) atoms. The summed E-state index contributed by atoms with van der Waals surface area (Å²) in [6, 6.07) is 17.6. The van der Waals surface area contributed by atoms with Gasteiger partial charge in [-0.05, 0) is 23.5 Å². The second-order valence-corrected chi connectivity index (χ2v) is 13.7. The van der Waals surface area contributed by atoms with E-state index in [1.165, 1.54) is 19.8 Å². The molecule has 0 fully saturated rings. The maximum absolute atomic E-state index is 12.7. The van der Waals surface area contributed by atoms with Crippen molar-refractivity contribution in [2.75, 3.05) is 6.66 Å². The van der Waals surface area contributed by atoms with Gasteiger partial charge in [-0.15, -0.1) is 0 Å². The Morgan fingerprint density at radius 2 is 1.09 bits per heavy atom. The lowest BCUT2D eigenvalue weighted by molar-refractivity contribution is 0.315. The third-order valence-electron chi connectivity index (χ3n) is 3.31. The van der Waals surface area contributed by atoms with Crippen LogP contribution >= 0.6 is 7.60 Å². The maximum atomic E-state index is 12.7. The molecule has 5 nitrogen and oxygen atoms in total. The van der Waals surface area contributed by atoms with E-state index in [9.17, 15) is 14.2 Å². The molecule has 0 aliphatic carbocycles.